The van der Waals surface area contributed by atoms with Gasteiger partial charge in [0.15, 0.2) is 0 Å². The van der Waals surface area contributed by atoms with Crippen LogP contribution in [0.1, 0.15) is 64.0 Å². The van der Waals surface area contributed by atoms with Crippen molar-refractivity contribution >= 4 is 11.5 Å². The predicted octanol–water partition coefficient (Wildman–Crippen LogP) is 4.95. The highest BCUT2D eigenvalue weighted by Gasteiger charge is 2.44. The van der Waals surface area contributed by atoms with E-state index < -0.39 is 0 Å². The molecule has 1 amide bonds. The van der Waals surface area contributed by atoms with Crippen LogP contribution in [-0.4, -0.2) is 30.6 Å². The van der Waals surface area contributed by atoms with E-state index in [2.05, 4.69) is 55.7 Å². The largest absolute Gasteiger partial charge is 0.496 e. The highest BCUT2D eigenvalue weighted by molar-refractivity contribution is 5.93. The Morgan fingerprint density at radius 3 is 2.72 bits per heavy atom. The van der Waals surface area contributed by atoms with Crippen molar-refractivity contribution in [3.05, 3.63) is 58.7 Å². The lowest BCUT2D eigenvalue weighted by Gasteiger charge is -2.46. The average Bonchev–Trinajstić information content (AvgIpc) is 2.77. The lowest BCUT2D eigenvalue weighted by Crippen LogP contribution is -2.54. The molecule has 1 aromatic carbocycles. The third-order valence-corrected chi connectivity index (χ3v) is 7.76. The number of carbonyl (C=O) groups excluding carboxylic acids is 1. The average molecular weight is 433 g/mol. The Balaban J connectivity index is 1.60. The Morgan fingerprint density at radius 1 is 1.19 bits per heavy atom. The molecule has 3 aliphatic carbocycles. The first-order chi connectivity index (χ1) is 15.4. The number of rotatable bonds is 3. The molecule has 5 rings (SSSR count). The van der Waals surface area contributed by atoms with E-state index in [0.717, 1.165) is 25.0 Å². The molecule has 170 valence electrons. The van der Waals surface area contributed by atoms with Crippen molar-refractivity contribution in [2.45, 2.75) is 76.9 Å². The fourth-order valence-electron chi connectivity index (χ4n) is 6.53. The molecule has 32 heavy (non-hydrogen) atoms. The molecule has 2 N–H and O–H groups in total. The molecule has 1 aliphatic heterocycles. The van der Waals surface area contributed by atoms with Crippen LogP contribution in [0.2, 0.25) is 0 Å². The van der Waals surface area contributed by atoms with Crippen molar-refractivity contribution in [1.29, 1.82) is 0 Å². The van der Waals surface area contributed by atoms with Gasteiger partial charge in [0.1, 0.15) is 5.75 Å². The van der Waals surface area contributed by atoms with Crippen LogP contribution in [0, 0.1) is 11.8 Å². The van der Waals surface area contributed by atoms with Crippen LogP contribution in [0.4, 0.5) is 0 Å². The molecule has 3 atom stereocenters. The molecule has 1 aromatic rings. The summed E-state index contributed by atoms with van der Waals surface area (Å²) in [6, 6.07) is 6.77. The van der Waals surface area contributed by atoms with E-state index in [1.54, 1.807) is 7.11 Å². The molecule has 0 saturated heterocycles. The van der Waals surface area contributed by atoms with Crippen LogP contribution >= 0.6 is 0 Å². The summed E-state index contributed by atoms with van der Waals surface area (Å²) < 4.78 is 5.78. The Bertz CT molecular complexity index is 1010. The monoisotopic (exact) mass is 432 g/mol. The number of nitrogens with one attached hydrogen (secondary N) is 2. The second-order valence-electron chi connectivity index (χ2n) is 10.6. The Morgan fingerprint density at radius 2 is 1.97 bits per heavy atom. The zero-order chi connectivity index (χ0) is 22.5. The van der Waals surface area contributed by atoms with Gasteiger partial charge in [-0.1, -0.05) is 55.2 Å². The minimum absolute atomic E-state index is 0.0578. The molecule has 1 fully saturated rings. The van der Waals surface area contributed by atoms with Crippen molar-refractivity contribution < 1.29 is 9.53 Å². The summed E-state index contributed by atoms with van der Waals surface area (Å²) in [7, 11) is 1.74. The lowest BCUT2D eigenvalue weighted by atomic mass is 9.65. The molecule has 4 nitrogen and oxygen atoms in total. The molecule has 4 heteroatoms. The van der Waals surface area contributed by atoms with E-state index >= 15 is 0 Å². The number of amides is 1. The van der Waals surface area contributed by atoms with Gasteiger partial charge in [-0.05, 0) is 62.8 Å². The maximum absolute atomic E-state index is 13.8. The Kier molecular flexibility index (Phi) is 5.53. The maximum atomic E-state index is 13.8. The van der Waals surface area contributed by atoms with Gasteiger partial charge < -0.3 is 15.4 Å². The normalized spacial score (nSPS) is 28.9. The van der Waals surface area contributed by atoms with Crippen LogP contribution in [0.25, 0.3) is 5.57 Å². The predicted molar refractivity (Wildman–Crippen MR) is 130 cm³/mol. The Labute approximate surface area is 192 Å². The molecule has 1 saturated carbocycles. The van der Waals surface area contributed by atoms with Gasteiger partial charge in [0.05, 0.1) is 13.0 Å². The van der Waals surface area contributed by atoms with Gasteiger partial charge in [-0.15, -0.1) is 0 Å². The van der Waals surface area contributed by atoms with E-state index in [1.807, 2.05) is 12.1 Å². The minimum atomic E-state index is -0.143. The van der Waals surface area contributed by atoms with E-state index in [-0.39, 0.29) is 29.3 Å². The zero-order valence-electron chi connectivity index (χ0n) is 19.8. The number of carbonyl (C=O) groups is 1. The molecule has 0 spiro atoms. The minimum Gasteiger partial charge on any atom is -0.496 e. The van der Waals surface area contributed by atoms with E-state index in [9.17, 15) is 4.79 Å². The number of allylic oxidation sites excluding steroid dienone is 2. The van der Waals surface area contributed by atoms with Gasteiger partial charge in [-0.2, -0.15) is 0 Å². The van der Waals surface area contributed by atoms with Gasteiger partial charge >= 0.3 is 0 Å². The van der Waals surface area contributed by atoms with Gasteiger partial charge in [0.2, 0.25) is 5.91 Å². The first-order valence-electron chi connectivity index (χ1n) is 12.2. The summed E-state index contributed by atoms with van der Waals surface area (Å²) in [5.41, 5.74) is 6.12. The number of benzene rings is 1. The SMILES string of the molecule is COc1cccc2c1C1=C(C(C(=O)NC3CCCCC3)C2)C2C(C)=CC(C)(C)NC2C=C1. The number of ether oxygens (including phenoxy) is 1. The van der Waals surface area contributed by atoms with Gasteiger partial charge in [-0.3, -0.25) is 4.79 Å². The van der Waals surface area contributed by atoms with Crippen LogP contribution in [0.15, 0.2) is 47.6 Å². The summed E-state index contributed by atoms with van der Waals surface area (Å²) in [6.07, 6.45) is 13.5. The number of hydrogen-bond acceptors (Lipinski definition) is 3. The van der Waals surface area contributed by atoms with Gasteiger partial charge in [0, 0.05) is 29.1 Å². The summed E-state index contributed by atoms with van der Waals surface area (Å²) >= 11 is 0. The van der Waals surface area contributed by atoms with Crippen molar-refractivity contribution in [2.24, 2.45) is 11.8 Å². The summed E-state index contributed by atoms with van der Waals surface area (Å²) in [5.74, 6) is 1.15. The quantitative estimate of drug-likeness (QED) is 0.664. The second kappa shape index (κ2) is 8.22. The van der Waals surface area contributed by atoms with Crippen LogP contribution in [0.5, 0.6) is 5.75 Å². The zero-order valence-corrected chi connectivity index (χ0v) is 19.8. The molecule has 0 aromatic heterocycles. The maximum Gasteiger partial charge on any atom is 0.227 e. The van der Waals surface area contributed by atoms with E-state index in [1.165, 1.54) is 47.1 Å². The highest BCUT2D eigenvalue weighted by atomic mass is 16.5. The third-order valence-electron chi connectivity index (χ3n) is 7.76. The van der Waals surface area contributed by atoms with Crippen molar-refractivity contribution in [2.75, 3.05) is 7.11 Å². The van der Waals surface area contributed by atoms with Gasteiger partial charge in [0.25, 0.3) is 0 Å². The molecule has 0 bridgehead atoms. The number of fused-ring (bicyclic) bond motifs is 4. The fraction of sp³-hybridized carbons (Fsp3) is 0.536. The summed E-state index contributed by atoms with van der Waals surface area (Å²) in [6.45, 7) is 6.67. The van der Waals surface area contributed by atoms with Crippen molar-refractivity contribution in [1.82, 2.24) is 10.6 Å². The first-order valence-corrected chi connectivity index (χ1v) is 12.2. The highest BCUT2D eigenvalue weighted by Crippen LogP contribution is 2.49. The summed E-state index contributed by atoms with van der Waals surface area (Å²) in [5, 5.41) is 7.23. The molecular formula is C28H36N2O2. The molecule has 0 radical (unpaired) electrons. The van der Waals surface area contributed by atoms with E-state index in [4.69, 9.17) is 4.74 Å². The topological polar surface area (TPSA) is 50.4 Å². The van der Waals surface area contributed by atoms with Crippen molar-refractivity contribution in [3.63, 3.8) is 0 Å². The molecule has 1 heterocycles. The molecule has 4 aliphatic rings. The van der Waals surface area contributed by atoms with Crippen LogP contribution in [0.3, 0.4) is 0 Å². The standard InChI is InChI=1S/C28H36N2O2/c1-17-16-28(2,3)30-22-14-13-20-25-18(9-8-12-23(25)32-4)15-21(26(20)24(17)22)27(31)29-19-10-6-5-7-11-19/h8-9,12-14,16,19,21-22,24,30H,5-7,10-11,15H2,1-4H3,(H,29,31). The number of hydrogen-bond donors (Lipinski definition) is 2. The lowest BCUT2D eigenvalue weighted by molar-refractivity contribution is -0.125. The summed E-state index contributed by atoms with van der Waals surface area (Å²) in [4.78, 5) is 13.8. The Hall–Kier alpha value is -2.33. The molecular weight excluding hydrogens is 396 g/mol. The number of methoxy groups -OCH3 is 1. The first kappa shape index (κ1) is 21.5. The smallest absolute Gasteiger partial charge is 0.227 e. The van der Waals surface area contributed by atoms with E-state index in [0.29, 0.717) is 6.04 Å². The molecule has 3 unspecified atom stereocenters. The third kappa shape index (κ3) is 3.73. The van der Waals surface area contributed by atoms with Crippen LogP contribution < -0.4 is 15.4 Å². The fourth-order valence-corrected chi connectivity index (χ4v) is 6.53. The second-order valence-corrected chi connectivity index (χ2v) is 10.6. The van der Waals surface area contributed by atoms with Crippen LogP contribution in [-0.2, 0) is 11.2 Å². The van der Waals surface area contributed by atoms with Crippen molar-refractivity contribution in [3.8, 4) is 5.75 Å². The van der Waals surface area contributed by atoms with Gasteiger partial charge in [-0.25, -0.2) is 0 Å².